The molecule has 6 aromatic rings. The third-order valence-electron chi connectivity index (χ3n) is 5.93. The van der Waals surface area contributed by atoms with Crippen molar-refractivity contribution in [1.29, 1.82) is 0 Å². The van der Waals surface area contributed by atoms with Gasteiger partial charge in [0, 0.05) is 47.7 Å². The summed E-state index contributed by atoms with van der Waals surface area (Å²) in [6.45, 7) is 1.53. The molecule has 0 saturated heterocycles. The van der Waals surface area contributed by atoms with E-state index in [9.17, 15) is 4.39 Å². The van der Waals surface area contributed by atoms with Gasteiger partial charge in [-0.1, -0.05) is 0 Å². The zero-order chi connectivity index (χ0) is 24.6. The van der Waals surface area contributed by atoms with Crippen molar-refractivity contribution in [2.45, 2.75) is 0 Å². The molecule has 0 atom stereocenters. The quantitative estimate of drug-likeness (QED) is 0.270. The van der Waals surface area contributed by atoms with E-state index in [1.165, 1.54) is 12.1 Å². The molecule has 36 heavy (non-hydrogen) atoms. The molecule has 0 spiro atoms. The minimum Gasteiger partial charge on any atom is -0.384 e. The number of rotatable bonds is 7. The van der Waals surface area contributed by atoms with E-state index in [0.717, 1.165) is 34.2 Å². The molecule has 4 N–H and O–H groups in total. The highest BCUT2D eigenvalue weighted by molar-refractivity contribution is 5.97. The van der Waals surface area contributed by atoms with Crippen LogP contribution in [0.2, 0.25) is 0 Å². The summed E-state index contributed by atoms with van der Waals surface area (Å²) in [6, 6.07) is 8.64. The van der Waals surface area contributed by atoms with E-state index in [4.69, 9.17) is 4.98 Å². The van der Waals surface area contributed by atoms with Crippen molar-refractivity contribution in [2.75, 3.05) is 32.5 Å². The van der Waals surface area contributed by atoms with E-state index in [0.29, 0.717) is 40.5 Å². The zero-order valence-corrected chi connectivity index (χ0v) is 19.7. The number of nitrogens with zero attached hydrogens (tertiary/aromatic N) is 6. The third-order valence-corrected chi connectivity index (χ3v) is 5.93. The number of H-pyrrole nitrogens is 3. The van der Waals surface area contributed by atoms with Crippen molar-refractivity contribution in [3.05, 3.63) is 60.9 Å². The summed E-state index contributed by atoms with van der Waals surface area (Å²) >= 11 is 0. The lowest BCUT2D eigenvalue weighted by molar-refractivity contribution is 0.425. The Morgan fingerprint density at radius 1 is 1.00 bits per heavy atom. The van der Waals surface area contributed by atoms with Gasteiger partial charge in [-0.05, 0) is 44.4 Å². The summed E-state index contributed by atoms with van der Waals surface area (Å²) in [5.74, 6) is 0.238. The molecule has 0 unspecified atom stereocenters. The SMILES string of the molecule is CN(C)CCNc1cc(F)cc(-c2nccc3[nH]c(-c4n[nH]c5cnc(-c6cn[nH]c6)cc45)nc23)c1. The predicted octanol–water partition coefficient (Wildman–Crippen LogP) is 4.07. The van der Waals surface area contributed by atoms with Crippen LogP contribution in [0.4, 0.5) is 10.1 Å². The number of aromatic amines is 3. The van der Waals surface area contributed by atoms with E-state index in [2.05, 4.69) is 45.6 Å². The molecular formula is C25H23FN10. The Morgan fingerprint density at radius 3 is 2.75 bits per heavy atom. The van der Waals surface area contributed by atoms with Crippen LogP contribution < -0.4 is 5.32 Å². The molecule has 5 heterocycles. The molecule has 0 saturated carbocycles. The molecule has 0 aliphatic rings. The number of nitrogens with one attached hydrogen (secondary N) is 4. The molecule has 0 fully saturated rings. The van der Waals surface area contributed by atoms with Gasteiger partial charge < -0.3 is 15.2 Å². The summed E-state index contributed by atoms with van der Waals surface area (Å²) in [6.07, 6.45) is 6.93. The van der Waals surface area contributed by atoms with Crippen LogP contribution in [0.3, 0.4) is 0 Å². The largest absolute Gasteiger partial charge is 0.384 e. The first kappa shape index (κ1) is 21.9. The van der Waals surface area contributed by atoms with Crippen molar-refractivity contribution >= 4 is 27.6 Å². The van der Waals surface area contributed by atoms with Crippen molar-refractivity contribution in [3.8, 4) is 34.0 Å². The number of anilines is 1. The Labute approximate surface area is 205 Å². The van der Waals surface area contributed by atoms with Crippen LogP contribution in [0.15, 0.2) is 55.1 Å². The highest BCUT2D eigenvalue weighted by atomic mass is 19.1. The fourth-order valence-corrected chi connectivity index (χ4v) is 4.16. The van der Waals surface area contributed by atoms with Crippen molar-refractivity contribution in [2.24, 2.45) is 0 Å². The second-order valence-corrected chi connectivity index (χ2v) is 8.77. The molecule has 0 aliphatic carbocycles. The van der Waals surface area contributed by atoms with E-state index in [1.807, 2.05) is 32.3 Å². The number of benzene rings is 1. The summed E-state index contributed by atoms with van der Waals surface area (Å²) in [7, 11) is 3.99. The number of pyridine rings is 2. The maximum Gasteiger partial charge on any atom is 0.159 e. The van der Waals surface area contributed by atoms with E-state index >= 15 is 0 Å². The van der Waals surface area contributed by atoms with Gasteiger partial charge >= 0.3 is 0 Å². The molecule has 0 bridgehead atoms. The van der Waals surface area contributed by atoms with Gasteiger partial charge in [0.25, 0.3) is 0 Å². The van der Waals surface area contributed by atoms with E-state index < -0.39 is 0 Å². The third kappa shape index (κ3) is 4.05. The number of likely N-dealkylation sites (N-methyl/N-ethyl adjacent to an activating group) is 1. The van der Waals surface area contributed by atoms with Crippen molar-refractivity contribution in [3.63, 3.8) is 0 Å². The molecular weight excluding hydrogens is 459 g/mol. The van der Waals surface area contributed by atoms with Crippen LogP contribution in [0, 0.1) is 5.82 Å². The molecule has 0 amide bonds. The first-order valence-electron chi connectivity index (χ1n) is 11.4. The Hall–Kier alpha value is -4.64. The van der Waals surface area contributed by atoms with Crippen molar-refractivity contribution in [1.82, 2.24) is 45.2 Å². The first-order chi connectivity index (χ1) is 17.5. The Bertz CT molecular complexity index is 1670. The number of hydrogen-bond acceptors (Lipinski definition) is 7. The average molecular weight is 483 g/mol. The maximum absolute atomic E-state index is 14.5. The van der Waals surface area contributed by atoms with E-state index in [1.54, 1.807) is 24.8 Å². The molecule has 1 aromatic carbocycles. The number of fused-ring (bicyclic) bond motifs is 2. The topological polar surface area (TPSA) is 127 Å². The molecule has 5 aromatic heterocycles. The van der Waals surface area contributed by atoms with Crippen LogP contribution in [0.25, 0.3) is 56.0 Å². The van der Waals surface area contributed by atoms with Gasteiger partial charge in [0.1, 0.15) is 17.0 Å². The summed E-state index contributed by atoms with van der Waals surface area (Å²) < 4.78 is 14.5. The lowest BCUT2D eigenvalue weighted by atomic mass is 10.1. The van der Waals surface area contributed by atoms with Crippen LogP contribution in [-0.2, 0) is 0 Å². The Morgan fingerprint density at radius 2 is 1.92 bits per heavy atom. The lowest BCUT2D eigenvalue weighted by Gasteiger charge is -2.12. The fourth-order valence-electron chi connectivity index (χ4n) is 4.16. The maximum atomic E-state index is 14.5. The van der Waals surface area contributed by atoms with Crippen LogP contribution in [0.1, 0.15) is 0 Å². The van der Waals surface area contributed by atoms with Crippen molar-refractivity contribution < 1.29 is 4.39 Å². The van der Waals surface area contributed by atoms with E-state index in [-0.39, 0.29) is 5.82 Å². The number of hydrogen-bond donors (Lipinski definition) is 4. The van der Waals surface area contributed by atoms with Gasteiger partial charge in [0.05, 0.1) is 34.8 Å². The van der Waals surface area contributed by atoms with Gasteiger partial charge in [-0.3, -0.25) is 20.2 Å². The highest BCUT2D eigenvalue weighted by Gasteiger charge is 2.17. The van der Waals surface area contributed by atoms with Gasteiger partial charge in [0.15, 0.2) is 5.82 Å². The molecule has 0 aliphatic heterocycles. The predicted molar refractivity (Wildman–Crippen MR) is 137 cm³/mol. The monoisotopic (exact) mass is 482 g/mol. The first-order valence-corrected chi connectivity index (χ1v) is 11.4. The van der Waals surface area contributed by atoms with Crippen LogP contribution in [-0.4, -0.2) is 72.4 Å². The van der Waals surface area contributed by atoms with Crippen LogP contribution in [0.5, 0.6) is 0 Å². The summed E-state index contributed by atoms with van der Waals surface area (Å²) in [5, 5.41) is 18.5. The zero-order valence-electron chi connectivity index (χ0n) is 19.7. The smallest absolute Gasteiger partial charge is 0.159 e. The van der Waals surface area contributed by atoms with Gasteiger partial charge in [-0.25, -0.2) is 9.37 Å². The Balaban J connectivity index is 1.41. The highest BCUT2D eigenvalue weighted by Crippen LogP contribution is 2.32. The lowest BCUT2D eigenvalue weighted by Crippen LogP contribution is -2.20. The number of aromatic nitrogens is 8. The molecule has 6 rings (SSSR count). The molecule has 10 nitrogen and oxygen atoms in total. The number of halogens is 1. The van der Waals surface area contributed by atoms with Gasteiger partial charge in [0.2, 0.25) is 0 Å². The Kier molecular flexibility index (Phi) is 5.38. The standard InChI is InChI=1S/C25H23FN10/c1-36(2)6-5-27-17-8-14(7-16(26)9-17)22-24-19(3-4-28-22)32-25(33-24)23-18-10-20(15-11-30-31-12-15)29-13-21(18)34-35-23/h3-4,7-13,27H,5-6H2,1-2H3,(H,30,31)(H,32,33)(H,34,35). The fraction of sp³-hybridized carbons (Fsp3) is 0.160. The average Bonchev–Trinajstić information content (AvgIpc) is 3.62. The number of imidazole rings is 1. The summed E-state index contributed by atoms with van der Waals surface area (Å²) in [5.41, 5.74) is 6.43. The minimum absolute atomic E-state index is 0.341. The molecule has 0 radical (unpaired) electrons. The second-order valence-electron chi connectivity index (χ2n) is 8.77. The summed E-state index contributed by atoms with van der Waals surface area (Å²) in [4.78, 5) is 19.3. The molecule has 180 valence electrons. The second kappa shape index (κ2) is 8.86. The van der Waals surface area contributed by atoms with Crippen LogP contribution >= 0.6 is 0 Å². The van der Waals surface area contributed by atoms with Gasteiger partial charge in [-0.2, -0.15) is 10.2 Å². The normalized spacial score (nSPS) is 11.7. The molecule has 11 heteroatoms. The minimum atomic E-state index is -0.341. The van der Waals surface area contributed by atoms with Gasteiger partial charge in [-0.15, -0.1) is 0 Å².